The van der Waals surface area contributed by atoms with E-state index < -0.39 is 6.09 Å². The van der Waals surface area contributed by atoms with Crippen LogP contribution in [0.1, 0.15) is 104 Å². The maximum Gasteiger partial charge on any atom is 0.409 e. The van der Waals surface area contributed by atoms with Gasteiger partial charge in [-0.05, 0) is 65.5 Å². The molecule has 0 aliphatic heterocycles. The second kappa shape index (κ2) is 36.6. The Balaban J connectivity index is 4.48. The van der Waals surface area contributed by atoms with E-state index in [2.05, 4.69) is 19.2 Å². The number of carbonyl (C=O) groups excluding carboxylic acids is 4. The largest absolute Gasteiger partial charge is 0.463 e. The van der Waals surface area contributed by atoms with E-state index in [1.165, 1.54) is 44.6 Å². The number of ether oxygens (including phenoxy) is 4. The molecule has 290 valence electrons. The maximum absolute atomic E-state index is 12.9. The number of allylic oxidation sites excluding steroid dienone is 2. The Labute approximate surface area is 310 Å². The molecule has 0 bridgehead atoms. The molecule has 1 N–H and O–H groups in total. The van der Waals surface area contributed by atoms with E-state index in [9.17, 15) is 19.2 Å². The number of rotatable bonds is 34. The molecule has 13 heteroatoms. The zero-order valence-corrected chi connectivity index (χ0v) is 33.1. The van der Waals surface area contributed by atoms with E-state index in [1.54, 1.807) is 26.5 Å². The van der Waals surface area contributed by atoms with Crippen LogP contribution in [0.4, 0.5) is 9.59 Å². The van der Waals surface area contributed by atoms with Gasteiger partial charge in [0.2, 0.25) is 0 Å². The van der Waals surface area contributed by atoms with Crippen LogP contribution in [-0.2, 0) is 28.5 Å². The Morgan fingerprint density at radius 1 is 0.700 bits per heavy atom. The Morgan fingerprint density at radius 3 is 1.98 bits per heavy atom. The van der Waals surface area contributed by atoms with Crippen molar-refractivity contribution in [1.29, 1.82) is 0 Å². The van der Waals surface area contributed by atoms with E-state index in [-0.39, 0.29) is 18.7 Å². The summed E-state index contributed by atoms with van der Waals surface area (Å²) in [5, 5.41) is 2.70. The van der Waals surface area contributed by atoms with Crippen molar-refractivity contribution in [2.24, 2.45) is 0 Å². The highest BCUT2D eigenvalue weighted by Crippen LogP contribution is 2.20. The summed E-state index contributed by atoms with van der Waals surface area (Å²) in [5.74, 6) is 0.919. The molecule has 0 aromatic heterocycles. The number of nitrogens with one attached hydrogen (secondary N) is 1. The SMILES string of the molecule is CCCCCC/C=C\C(=O)OCCCCN(CCCCOC/C(C=O)=C\CCCCCC)C(=O)OCCSSCCOC(=O)NCCN(C)C. The van der Waals surface area contributed by atoms with Crippen molar-refractivity contribution in [3.63, 3.8) is 0 Å². The number of unbranched alkanes of at least 4 members (excludes halogenated alkanes) is 10. The Kier molecular flexibility index (Phi) is 34.9. The summed E-state index contributed by atoms with van der Waals surface area (Å²) < 4.78 is 21.8. The van der Waals surface area contributed by atoms with Crippen LogP contribution >= 0.6 is 21.6 Å². The third-order valence-corrected chi connectivity index (χ3v) is 9.69. The molecule has 0 aliphatic rings. The highest BCUT2D eigenvalue weighted by Gasteiger charge is 2.15. The Hall–Kier alpha value is -2.22. The van der Waals surface area contributed by atoms with Gasteiger partial charge in [0, 0.05) is 55.9 Å². The zero-order valence-electron chi connectivity index (χ0n) is 31.5. The molecule has 0 saturated heterocycles. The lowest BCUT2D eigenvalue weighted by Gasteiger charge is -2.22. The minimum absolute atomic E-state index is 0.267. The quantitative estimate of drug-likeness (QED) is 0.0173. The number of hydrogen-bond acceptors (Lipinski definition) is 11. The molecule has 0 radical (unpaired) electrons. The molecule has 0 heterocycles. The molecule has 0 aromatic rings. The van der Waals surface area contributed by atoms with Crippen molar-refractivity contribution in [1.82, 2.24) is 15.1 Å². The van der Waals surface area contributed by atoms with Crippen molar-refractivity contribution in [3.05, 3.63) is 23.8 Å². The molecular formula is C37H67N3O8S2. The molecule has 0 spiro atoms. The highest BCUT2D eigenvalue weighted by atomic mass is 33.1. The summed E-state index contributed by atoms with van der Waals surface area (Å²) in [6.45, 7) is 8.33. The number of nitrogens with zero attached hydrogens (tertiary/aromatic N) is 2. The summed E-state index contributed by atoms with van der Waals surface area (Å²) in [7, 11) is 6.99. The van der Waals surface area contributed by atoms with Gasteiger partial charge in [-0.1, -0.05) is 86.1 Å². The molecule has 0 saturated carbocycles. The summed E-state index contributed by atoms with van der Waals surface area (Å²) >= 11 is 0. The summed E-state index contributed by atoms with van der Waals surface area (Å²) in [5.41, 5.74) is 0.680. The van der Waals surface area contributed by atoms with Crippen LogP contribution in [0.5, 0.6) is 0 Å². The number of hydrogen-bond donors (Lipinski definition) is 1. The van der Waals surface area contributed by atoms with E-state index in [0.29, 0.717) is 76.0 Å². The number of amides is 2. The molecular weight excluding hydrogens is 679 g/mol. The topological polar surface area (TPSA) is 124 Å². The fraction of sp³-hybridized carbons (Fsp3) is 0.784. The monoisotopic (exact) mass is 745 g/mol. The first kappa shape index (κ1) is 47.8. The average Bonchev–Trinajstić information content (AvgIpc) is 3.09. The smallest absolute Gasteiger partial charge is 0.409 e. The van der Waals surface area contributed by atoms with Crippen molar-refractivity contribution in [2.45, 2.75) is 104 Å². The average molecular weight is 746 g/mol. The van der Waals surface area contributed by atoms with Gasteiger partial charge < -0.3 is 34.1 Å². The van der Waals surface area contributed by atoms with Crippen LogP contribution in [0.25, 0.3) is 0 Å². The normalized spacial score (nSPS) is 11.6. The van der Waals surface area contributed by atoms with E-state index in [0.717, 1.165) is 51.4 Å². The first-order chi connectivity index (χ1) is 24.3. The lowest BCUT2D eigenvalue weighted by Crippen LogP contribution is -2.34. The van der Waals surface area contributed by atoms with Crippen molar-refractivity contribution in [2.75, 3.05) is 84.8 Å². The zero-order chi connectivity index (χ0) is 36.9. The minimum atomic E-state index is -0.420. The van der Waals surface area contributed by atoms with Crippen LogP contribution in [0.3, 0.4) is 0 Å². The molecule has 2 amide bonds. The fourth-order valence-corrected chi connectivity index (χ4v) is 6.11. The predicted octanol–water partition coefficient (Wildman–Crippen LogP) is 7.84. The summed E-state index contributed by atoms with van der Waals surface area (Å²) in [4.78, 5) is 51.6. The maximum atomic E-state index is 12.9. The van der Waals surface area contributed by atoms with Gasteiger partial charge in [-0.3, -0.25) is 4.79 Å². The van der Waals surface area contributed by atoms with Gasteiger partial charge in [0.1, 0.15) is 19.5 Å². The molecule has 0 atom stereocenters. The van der Waals surface area contributed by atoms with Crippen LogP contribution in [-0.4, -0.2) is 119 Å². The standard InChI is InChI=1S/C37H67N3O8S2/c1-5-7-9-11-13-15-21-35(42)46-27-19-17-24-40(23-16-18-26-45-33-34(32-41)20-14-12-10-8-6-2)37(44)48-29-31-50-49-30-28-47-36(43)38-22-25-39(3)4/h15,20-21,32H,5-14,16-19,22-31,33H2,1-4H3,(H,38,43)/b21-15-,34-20-. The van der Waals surface area contributed by atoms with Gasteiger partial charge in [-0.2, -0.15) is 0 Å². The van der Waals surface area contributed by atoms with E-state index in [4.69, 9.17) is 18.9 Å². The fourth-order valence-electron chi connectivity index (χ4n) is 4.46. The van der Waals surface area contributed by atoms with Crippen LogP contribution in [0, 0.1) is 0 Å². The summed E-state index contributed by atoms with van der Waals surface area (Å²) in [6, 6.07) is 0. The number of likely N-dealkylation sites (N-methyl/N-ethyl adjacent to an activating group) is 1. The Bertz CT molecular complexity index is 921. The molecule has 11 nitrogen and oxygen atoms in total. The molecule has 0 aromatic carbocycles. The van der Waals surface area contributed by atoms with Crippen molar-refractivity contribution in [3.8, 4) is 0 Å². The van der Waals surface area contributed by atoms with Crippen molar-refractivity contribution < 1.29 is 38.1 Å². The number of carbonyl (C=O) groups is 4. The number of alkyl carbamates (subject to hydrolysis) is 1. The Morgan fingerprint density at radius 2 is 1.34 bits per heavy atom. The highest BCUT2D eigenvalue weighted by molar-refractivity contribution is 8.76. The van der Waals surface area contributed by atoms with Crippen molar-refractivity contribution >= 4 is 46.0 Å². The van der Waals surface area contributed by atoms with Crippen LogP contribution in [0.15, 0.2) is 23.8 Å². The van der Waals surface area contributed by atoms with Gasteiger partial charge in [0.05, 0.1) is 13.2 Å². The lowest BCUT2D eigenvalue weighted by atomic mass is 10.1. The lowest BCUT2D eigenvalue weighted by molar-refractivity contribution is -0.137. The minimum Gasteiger partial charge on any atom is -0.463 e. The molecule has 0 rings (SSSR count). The molecule has 50 heavy (non-hydrogen) atoms. The first-order valence-electron chi connectivity index (χ1n) is 18.6. The molecule has 0 unspecified atom stereocenters. The van der Waals surface area contributed by atoms with Crippen LogP contribution < -0.4 is 5.32 Å². The summed E-state index contributed by atoms with van der Waals surface area (Å²) in [6.07, 6.45) is 19.3. The number of esters is 1. The van der Waals surface area contributed by atoms with Gasteiger partial charge in [-0.15, -0.1) is 0 Å². The first-order valence-corrected chi connectivity index (χ1v) is 21.1. The van der Waals surface area contributed by atoms with E-state index in [1.807, 2.05) is 31.1 Å². The van der Waals surface area contributed by atoms with Gasteiger partial charge in [-0.25, -0.2) is 14.4 Å². The van der Waals surface area contributed by atoms with Gasteiger partial charge >= 0.3 is 18.2 Å². The third kappa shape index (κ3) is 33.0. The second-order valence-electron chi connectivity index (χ2n) is 12.2. The second-order valence-corrected chi connectivity index (χ2v) is 14.9. The molecule has 0 fully saturated rings. The third-order valence-electron chi connectivity index (χ3n) is 7.36. The predicted molar refractivity (Wildman–Crippen MR) is 207 cm³/mol. The van der Waals surface area contributed by atoms with E-state index >= 15 is 0 Å². The van der Waals surface area contributed by atoms with Gasteiger partial charge in [0.15, 0.2) is 0 Å². The molecule has 0 aliphatic carbocycles. The van der Waals surface area contributed by atoms with Gasteiger partial charge in [0.25, 0.3) is 0 Å². The number of aldehydes is 1. The van der Waals surface area contributed by atoms with Crippen LogP contribution in [0.2, 0.25) is 0 Å².